The van der Waals surface area contributed by atoms with E-state index in [0.717, 1.165) is 19.0 Å². The highest BCUT2D eigenvalue weighted by molar-refractivity contribution is 4.93. The van der Waals surface area contributed by atoms with E-state index < -0.39 is 5.60 Å². The van der Waals surface area contributed by atoms with Gasteiger partial charge in [-0.3, -0.25) is 0 Å². The van der Waals surface area contributed by atoms with E-state index in [-0.39, 0.29) is 0 Å². The van der Waals surface area contributed by atoms with Gasteiger partial charge in [0, 0.05) is 12.5 Å². The molecule has 0 aromatic rings. The van der Waals surface area contributed by atoms with Crippen LogP contribution in [0.25, 0.3) is 0 Å². The maximum atomic E-state index is 10.9. The molecular formula is C15H29NO. The highest BCUT2D eigenvalue weighted by atomic mass is 16.3. The summed E-state index contributed by atoms with van der Waals surface area (Å²) < 4.78 is 0. The zero-order valence-corrected chi connectivity index (χ0v) is 11.5. The van der Waals surface area contributed by atoms with Gasteiger partial charge in [-0.1, -0.05) is 26.2 Å². The fraction of sp³-hybridized carbons (Fsp3) is 1.00. The molecule has 2 nitrogen and oxygen atoms in total. The Bertz CT molecular complexity index is 233. The molecule has 2 N–H and O–H groups in total. The first-order valence-corrected chi connectivity index (χ1v) is 7.57. The molecular weight excluding hydrogens is 210 g/mol. The smallest absolute Gasteiger partial charge is 0.0688 e. The monoisotopic (exact) mass is 239 g/mol. The molecule has 0 aromatic carbocycles. The molecule has 0 radical (unpaired) electrons. The van der Waals surface area contributed by atoms with E-state index in [4.69, 9.17) is 0 Å². The Kier molecular flexibility index (Phi) is 4.48. The van der Waals surface area contributed by atoms with E-state index in [1.165, 1.54) is 44.9 Å². The molecule has 1 heterocycles. The molecule has 100 valence electrons. The molecule has 1 saturated heterocycles. The van der Waals surface area contributed by atoms with Crippen LogP contribution in [0.2, 0.25) is 0 Å². The fourth-order valence-corrected chi connectivity index (χ4v) is 3.88. The SMILES string of the molecule is CCC1CCCC(C(C)(O)C2CCCNC2)C1. The van der Waals surface area contributed by atoms with Gasteiger partial charge in [-0.25, -0.2) is 0 Å². The summed E-state index contributed by atoms with van der Waals surface area (Å²) in [4.78, 5) is 0. The Morgan fingerprint density at radius 1 is 1.18 bits per heavy atom. The summed E-state index contributed by atoms with van der Waals surface area (Å²) in [6.07, 6.45) is 8.90. The minimum absolute atomic E-state index is 0.443. The second-order valence-corrected chi connectivity index (χ2v) is 6.41. The molecule has 0 spiro atoms. The number of rotatable bonds is 3. The number of hydrogen-bond donors (Lipinski definition) is 2. The molecule has 0 amide bonds. The van der Waals surface area contributed by atoms with Gasteiger partial charge in [0.25, 0.3) is 0 Å². The summed E-state index contributed by atoms with van der Waals surface area (Å²) >= 11 is 0. The average molecular weight is 239 g/mol. The van der Waals surface area contributed by atoms with Crippen LogP contribution in [0.5, 0.6) is 0 Å². The van der Waals surface area contributed by atoms with Gasteiger partial charge in [-0.15, -0.1) is 0 Å². The highest BCUT2D eigenvalue weighted by Gasteiger charge is 2.41. The first kappa shape index (κ1) is 13.4. The standard InChI is InChI=1S/C15H29NO/c1-3-12-6-4-7-13(10-12)15(2,17)14-8-5-9-16-11-14/h12-14,16-17H,3-11H2,1-2H3. The molecule has 17 heavy (non-hydrogen) atoms. The van der Waals surface area contributed by atoms with Crippen molar-refractivity contribution in [2.24, 2.45) is 17.8 Å². The molecule has 1 aliphatic carbocycles. The van der Waals surface area contributed by atoms with Crippen molar-refractivity contribution in [2.75, 3.05) is 13.1 Å². The third kappa shape index (κ3) is 3.03. The summed E-state index contributed by atoms with van der Waals surface area (Å²) in [5, 5.41) is 14.4. The predicted molar refractivity (Wildman–Crippen MR) is 72.0 cm³/mol. The Morgan fingerprint density at radius 2 is 1.94 bits per heavy atom. The van der Waals surface area contributed by atoms with Crippen LogP contribution in [0.1, 0.15) is 58.8 Å². The number of hydrogen-bond acceptors (Lipinski definition) is 2. The first-order chi connectivity index (χ1) is 8.14. The average Bonchev–Trinajstić information content (AvgIpc) is 2.40. The van der Waals surface area contributed by atoms with Crippen molar-refractivity contribution in [3.05, 3.63) is 0 Å². The van der Waals surface area contributed by atoms with Gasteiger partial charge in [0.05, 0.1) is 5.60 Å². The summed E-state index contributed by atoms with van der Waals surface area (Å²) in [5.41, 5.74) is -0.443. The van der Waals surface area contributed by atoms with Gasteiger partial charge in [0.15, 0.2) is 0 Å². The van der Waals surface area contributed by atoms with Gasteiger partial charge in [-0.2, -0.15) is 0 Å². The van der Waals surface area contributed by atoms with Crippen LogP contribution in [0.3, 0.4) is 0 Å². The third-order valence-electron chi connectivity index (χ3n) is 5.31. The van der Waals surface area contributed by atoms with Crippen molar-refractivity contribution in [3.8, 4) is 0 Å². The molecule has 2 heteroatoms. The fourth-order valence-electron chi connectivity index (χ4n) is 3.88. The van der Waals surface area contributed by atoms with Crippen LogP contribution in [0.4, 0.5) is 0 Å². The molecule has 4 unspecified atom stereocenters. The largest absolute Gasteiger partial charge is 0.390 e. The van der Waals surface area contributed by atoms with E-state index in [1.54, 1.807) is 0 Å². The molecule has 0 aromatic heterocycles. The van der Waals surface area contributed by atoms with E-state index >= 15 is 0 Å². The zero-order chi connectivity index (χ0) is 12.3. The van der Waals surface area contributed by atoms with E-state index in [9.17, 15) is 5.11 Å². The van der Waals surface area contributed by atoms with Crippen molar-refractivity contribution < 1.29 is 5.11 Å². The Hall–Kier alpha value is -0.0800. The Balaban J connectivity index is 1.97. The van der Waals surface area contributed by atoms with Crippen molar-refractivity contribution in [1.82, 2.24) is 5.32 Å². The maximum absolute atomic E-state index is 10.9. The summed E-state index contributed by atoms with van der Waals surface area (Å²) in [6.45, 7) is 6.55. The topological polar surface area (TPSA) is 32.3 Å². The second kappa shape index (κ2) is 5.71. The van der Waals surface area contributed by atoms with Crippen LogP contribution in [0, 0.1) is 17.8 Å². The lowest BCUT2D eigenvalue weighted by atomic mass is 9.67. The van der Waals surface area contributed by atoms with E-state index in [2.05, 4.69) is 19.2 Å². The van der Waals surface area contributed by atoms with Gasteiger partial charge < -0.3 is 10.4 Å². The molecule has 2 aliphatic rings. The summed E-state index contributed by atoms with van der Waals surface area (Å²) in [5.74, 6) is 1.86. The molecule has 4 atom stereocenters. The van der Waals surface area contributed by atoms with Crippen molar-refractivity contribution in [3.63, 3.8) is 0 Å². The zero-order valence-electron chi connectivity index (χ0n) is 11.5. The maximum Gasteiger partial charge on any atom is 0.0688 e. The van der Waals surface area contributed by atoms with Crippen LogP contribution in [0.15, 0.2) is 0 Å². The van der Waals surface area contributed by atoms with E-state index in [0.29, 0.717) is 11.8 Å². The molecule has 0 bridgehead atoms. The van der Waals surface area contributed by atoms with Crippen LogP contribution >= 0.6 is 0 Å². The normalized spacial score (nSPS) is 38.6. The summed E-state index contributed by atoms with van der Waals surface area (Å²) in [6, 6.07) is 0. The lowest BCUT2D eigenvalue weighted by Crippen LogP contribution is -2.50. The molecule has 2 fully saturated rings. The van der Waals surface area contributed by atoms with Crippen molar-refractivity contribution in [1.29, 1.82) is 0 Å². The van der Waals surface area contributed by atoms with Gasteiger partial charge in [0.1, 0.15) is 0 Å². The number of nitrogens with one attached hydrogen (secondary N) is 1. The Labute approximate surface area is 106 Å². The summed E-state index contributed by atoms with van der Waals surface area (Å²) in [7, 11) is 0. The minimum Gasteiger partial charge on any atom is -0.390 e. The lowest BCUT2D eigenvalue weighted by molar-refractivity contribution is -0.0786. The van der Waals surface area contributed by atoms with Crippen LogP contribution in [-0.4, -0.2) is 23.8 Å². The molecule has 2 rings (SSSR count). The molecule has 1 aliphatic heterocycles. The lowest BCUT2D eigenvalue weighted by Gasteiger charge is -2.44. The van der Waals surface area contributed by atoms with E-state index in [1.807, 2.05) is 0 Å². The number of aliphatic hydroxyl groups is 1. The Morgan fingerprint density at radius 3 is 2.59 bits per heavy atom. The van der Waals surface area contributed by atoms with Gasteiger partial charge in [-0.05, 0) is 51.0 Å². The molecule has 1 saturated carbocycles. The third-order valence-corrected chi connectivity index (χ3v) is 5.31. The minimum atomic E-state index is -0.443. The van der Waals surface area contributed by atoms with Gasteiger partial charge >= 0.3 is 0 Å². The van der Waals surface area contributed by atoms with Crippen LogP contribution < -0.4 is 5.32 Å². The van der Waals surface area contributed by atoms with Crippen molar-refractivity contribution >= 4 is 0 Å². The van der Waals surface area contributed by atoms with Gasteiger partial charge in [0.2, 0.25) is 0 Å². The predicted octanol–water partition coefficient (Wildman–Crippen LogP) is 2.95. The quantitative estimate of drug-likeness (QED) is 0.793. The van der Waals surface area contributed by atoms with Crippen LogP contribution in [-0.2, 0) is 0 Å². The first-order valence-electron chi connectivity index (χ1n) is 7.57. The number of piperidine rings is 1. The highest BCUT2D eigenvalue weighted by Crippen LogP contribution is 2.41. The second-order valence-electron chi connectivity index (χ2n) is 6.41. The van der Waals surface area contributed by atoms with Crippen molar-refractivity contribution in [2.45, 2.75) is 64.4 Å².